The number of carbonyl (C=O) groups excluding carboxylic acids is 3. The smallest absolute Gasteiger partial charge is 0.255 e. The zero-order chi connectivity index (χ0) is 23.0. The molecule has 0 aliphatic heterocycles. The van der Waals surface area contributed by atoms with Crippen LogP contribution >= 0.6 is 11.6 Å². The van der Waals surface area contributed by atoms with Crippen molar-refractivity contribution < 1.29 is 34.8 Å². The number of primary amides is 1. The first-order chi connectivity index (χ1) is 14.4. The van der Waals surface area contributed by atoms with Crippen molar-refractivity contribution >= 4 is 29.1 Å². The number of rotatable bonds is 2. The highest BCUT2D eigenvalue weighted by molar-refractivity contribution is 6.31. The van der Waals surface area contributed by atoms with E-state index in [-0.39, 0.29) is 29.1 Å². The summed E-state index contributed by atoms with van der Waals surface area (Å²) >= 11 is 6.13. The predicted molar refractivity (Wildman–Crippen MR) is 106 cm³/mol. The number of pyridine rings is 1. The quantitative estimate of drug-likeness (QED) is 0.311. The van der Waals surface area contributed by atoms with Gasteiger partial charge in [0.15, 0.2) is 11.4 Å². The second kappa shape index (κ2) is 6.78. The van der Waals surface area contributed by atoms with Gasteiger partial charge >= 0.3 is 0 Å². The van der Waals surface area contributed by atoms with Crippen LogP contribution in [0.3, 0.4) is 0 Å². The Morgan fingerprint density at radius 1 is 1.29 bits per heavy atom. The van der Waals surface area contributed by atoms with E-state index in [4.69, 9.17) is 17.3 Å². The van der Waals surface area contributed by atoms with Crippen LogP contribution in [0.2, 0.25) is 5.15 Å². The molecule has 0 spiro atoms. The average Bonchev–Trinajstić information content (AvgIpc) is 2.67. The van der Waals surface area contributed by atoms with E-state index in [1.165, 1.54) is 4.90 Å². The van der Waals surface area contributed by atoms with Gasteiger partial charge in [-0.1, -0.05) is 11.6 Å². The van der Waals surface area contributed by atoms with Crippen molar-refractivity contribution in [1.82, 2.24) is 9.88 Å². The lowest BCUT2D eigenvalue weighted by Crippen LogP contribution is -2.63. The van der Waals surface area contributed by atoms with E-state index in [2.05, 4.69) is 4.98 Å². The Balaban J connectivity index is 1.98. The van der Waals surface area contributed by atoms with Crippen molar-refractivity contribution in [2.24, 2.45) is 17.6 Å². The van der Waals surface area contributed by atoms with Crippen molar-refractivity contribution in [3.63, 3.8) is 0 Å². The lowest BCUT2D eigenvalue weighted by Gasteiger charge is -2.50. The van der Waals surface area contributed by atoms with Crippen LogP contribution in [-0.4, -0.2) is 73.5 Å². The lowest BCUT2D eigenvalue weighted by atomic mass is 9.58. The molecule has 10 nitrogen and oxygen atoms in total. The Kier molecular flexibility index (Phi) is 4.65. The van der Waals surface area contributed by atoms with Gasteiger partial charge in [-0.3, -0.25) is 19.3 Å². The molecular formula is C20H20ClN3O7. The molecule has 4 rings (SSSR count). The van der Waals surface area contributed by atoms with Crippen LogP contribution in [0.1, 0.15) is 22.3 Å². The number of likely N-dealkylation sites (N-methyl/N-ethyl adjacent to an activating group) is 1. The molecule has 1 aromatic rings. The first-order valence-electron chi connectivity index (χ1n) is 9.44. The highest BCUT2D eigenvalue weighted by atomic mass is 35.5. The fourth-order valence-corrected chi connectivity index (χ4v) is 5.33. The molecule has 0 radical (unpaired) electrons. The number of halogens is 1. The molecule has 0 unspecified atom stereocenters. The molecule has 1 amide bonds. The fourth-order valence-electron chi connectivity index (χ4n) is 5.11. The summed E-state index contributed by atoms with van der Waals surface area (Å²) in [6.45, 7) is 0. The van der Waals surface area contributed by atoms with Gasteiger partial charge in [-0.05, 0) is 32.9 Å². The van der Waals surface area contributed by atoms with Gasteiger partial charge < -0.3 is 26.2 Å². The van der Waals surface area contributed by atoms with Gasteiger partial charge in [-0.2, -0.15) is 0 Å². The molecule has 11 heteroatoms. The van der Waals surface area contributed by atoms with Crippen molar-refractivity contribution in [3.05, 3.63) is 45.1 Å². The molecule has 6 N–H and O–H groups in total. The van der Waals surface area contributed by atoms with Gasteiger partial charge in [0, 0.05) is 17.1 Å². The van der Waals surface area contributed by atoms with Gasteiger partial charge in [0.25, 0.3) is 5.91 Å². The summed E-state index contributed by atoms with van der Waals surface area (Å²) in [5.74, 6) is -7.08. The number of nitrogens with zero attached hydrogens (tertiary/aromatic N) is 2. The van der Waals surface area contributed by atoms with E-state index in [0.717, 1.165) is 6.20 Å². The molecule has 31 heavy (non-hydrogen) atoms. The minimum absolute atomic E-state index is 0.00224. The van der Waals surface area contributed by atoms with E-state index < -0.39 is 63.8 Å². The van der Waals surface area contributed by atoms with E-state index in [9.17, 15) is 34.8 Å². The summed E-state index contributed by atoms with van der Waals surface area (Å²) in [4.78, 5) is 43.5. The Bertz CT molecular complexity index is 1130. The second-order valence-electron chi connectivity index (χ2n) is 8.25. The number of aliphatic hydroxyl groups excluding tert-OH is 2. The predicted octanol–water partition coefficient (Wildman–Crippen LogP) is 0.169. The molecule has 0 fully saturated rings. The van der Waals surface area contributed by atoms with Crippen LogP contribution in [0.15, 0.2) is 28.9 Å². The number of Topliss-reactive ketones (excluding diaryl/α,β-unsaturated/α-hetero) is 2. The van der Waals surface area contributed by atoms with Crippen LogP contribution in [0, 0.1) is 11.8 Å². The number of amides is 1. The lowest BCUT2D eigenvalue weighted by molar-refractivity contribution is -0.148. The maximum Gasteiger partial charge on any atom is 0.255 e. The van der Waals surface area contributed by atoms with Gasteiger partial charge in [-0.15, -0.1) is 0 Å². The van der Waals surface area contributed by atoms with E-state index in [1.54, 1.807) is 14.1 Å². The number of fused-ring (bicyclic) bond motifs is 3. The number of aromatic nitrogens is 1. The van der Waals surface area contributed by atoms with E-state index in [0.29, 0.717) is 5.56 Å². The molecule has 0 saturated carbocycles. The van der Waals surface area contributed by atoms with Crippen LogP contribution in [0.5, 0.6) is 5.75 Å². The molecule has 0 bridgehead atoms. The summed E-state index contributed by atoms with van der Waals surface area (Å²) in [6.07, 6.45) is 1.10. The molecule has 4 atom stereocenters. The summed E-state index contributed by atoms with van der Waals surface area (Å²) in [7, 11) is 3.12. The first-order valence-corrected chi connectivity index (χ1v) is 9.81. The molecule has 3 aliphatic carbocycles. The SMILES string of the molecule is CN(C)[C@@H]1C(O)=C(C(N)=O)C(=O)[C@@]2(O)C(O)=C3C(=O)c4c(O)cnc(Cl)c4C[C@H]3C[C@@H]12. The molecule has 1 aromatic heterocycles. The topological polar surface area (TPSA) is 174 Å². The molecule has 0 aromatic carbocycles. The number of aromatic hydroxyl groups is 1. The zero-order valence-electron chi connectivity index (χ0n) is 16.6. The first kappa shape index (κ1) is 21.3. The third-order valence-electron chi connectivity index (χ3n) is 6.42. The maximum absolute atomic E-state index is 13.2. The largest absolute Gasteiger partial charge is 0.510 e. The van der Waals surface area contributed by atoms with E-state index >= 15 is 0 Å². The van der Waals surface area contributed by atoms with Gasteiger partial charge in [0.05, 0.1) is 17.8 Å². The summed E-state index contributed by atoms with van der Waals surface area (Å²) in [5.41, 5.74) is 1.66. The maximum atomic E-state index is 13.2. The average molecular weight is 450 g/mol. The molecule has 164 valence electrons. The number of aliphatic hydroxyl groups is 3. The molecule has 0 saturated heterocycles. The Morgan fingerprint density at radius 2 is 1.94 bits per heavy atom. The normalized spacial score (nSPS) is 30.3. The fraction of sp³-hybridized carbons (Fsp3) is 0.400. The number of allylic oxidation sites excluding steroid dienone is 1. The number of carbonyl (C=O) groups is 3. The van der Waals surface area contributed by atoms with Gasteiger partial charge in [-0.25, -0.2) is 4.98 Å². The number of ketones is 2. The van der Waals surface area contributed by atoms with Crippen LogP contribution < -0.4 is 5.73 Å². The minimum atomic E-state index is -2.66. The Labute approximate surface area is 181 Å². The van der Waals surface area contributed by atoms with Gasteiger partial charge in [0.1, 0.15) is 28.0 Å². The standard InChI is InChI=1S/C20H20ClN3O7/c1-24(2)13-8-4-6-3-7-11(9(25)5-23-18(7)21)14(26)10(6)16(28)20(8,31)17(29)12(15(13)27)19(22)30/h5-6,8,13,25,27-28,31H,3-4H2,1-2H3,(H2,22,30)/t6-,8-,13-,20-/m0/s1. The summed E-state index contributed by atoms with van der Waals surface area (Å²) in [6, 6.07) is -1.04. The van der Waals surface area contributed by atoms with Crippen LogP contribution in [-0.2, 0) is 16.0 Å². The minimum Gasteiger partial charge on any atom is -0.510 e. The summed E-state index contributed by atoms with van der Waals surface area (Å²) in [5, 5.41) is 43.3. The van der Waals surface area contributed by atoms with E-state index in [1.807, 2.05) is 0 Å². The van der Waals surface area contributed by atoms with Crippen LogP contribution in [0.4, 0.5) is 0 Å². The zero-order valence-corrected chi connectivity index (χ0v) is 17.3. The van der Waals surface area contributed by atoms with Crippen molar-refractivity contribution in [2.75, 3.05) is 14.1 Å². The van der Waals surface area contributed by atoms with Crippen molar-refractivity contribution in [2.45, 2.75) is 24.5 Å². The molecule has 3 aliphatic rings. The van der Waals surface area contributed by atoms with Crippen molar-refractivity contribution in [3.8, 4) is 5.75 Å². The highest BCUT2D eigenvalue weighted by Crippen LogP contribution is 2.52. The number of nitrogens with two attached hydrogens (primary N) is 1. The second-order valence-corrected chi connectivity index (χ2v) is 8.61. The number of hydrogen-bond donors (Lipinski definition) is 5. The Hall–Kier alpha value is -2.95. The third-order valence-corrected chi connectivity index (χ3v) is 6.75. The number of hydrogen-bond acceptors (Lipinski definition) is 9. The Morgan fingerprint density at radius 3 is 2.52 bits per heavy atom. The summed E-state index contributed by atoms with van der Waals surface area (Å²) < 4.78 is 0. The third kappa shape index (κ3) is 2.65. The van der Waals surface area contributed by atoms with Crippen molar-refractivity contribution in [1.29, 1.82) is 0 Å². The van der Waals surface area contributed by atoms with Crippen LogP contribution in [0.25, 0.3) is 0 Å². The monoisotopic (exact) mass is 449 g/mol. The highest BCUT2D eigenvalue weighted by Gasteiger charge is 2.63. The van der Waals surface area contributed by atoms with Gasteiger partial charge in [0.2, 0.25) is 5.78 Å². The molecule has 1 heterocycles. The molecular weight excluding hydrogens is 430 g/mol.